The first kappa shape index (κ1) is 15.4. The zero-order valence-electron chi connectivity index (χ0n) is 12.1. The van der Waals surface area contributed by atoms with E-state index in [2.05, 4.69) is 34.1 Å². The molecule has 0 atom stereocenters. The topological polar surface area (TPSA) is 83.4 Å². The highest BCUT2D eigenvalue weighted by Crippen LogP contribution is 2.17. The smallest absolute Gasteiger partial charge is 0.323 e. The van der Waals surface area contributed by atoms with Gasteiger partial charge in [0.05, 0.1) is 6.61 Å². The molecule has 0 spiro atoms. The standard InChI is InChI=1S/C12H23N5O2/c1-5-19-12-15-10(13-4)14-11(16-12)17(9(2)3)7-6-8-18/h9,18H,5-8H2,1-4H3,(H,13,14,15,16). The second kappa shape index (κ2) is 7.73. The summed E-state index contributed by atoms with van der Waals surface area (Å²) in [7, 11) is 1.75. The summed E-state index contributed by atoms with van der Waals surface area (Å²) in [6.45, 7) is 7.33. The lowest BCUT2D eigenvalue weighted by molar-refractivity contribution is 0.288. The molecule has 1 heterocycles. The second-order valence-electron chi connectivity index (χ2n) is 4.29. The first-order valence-corrected chi connectivity index (χ1v) is 6.56. The number of hydrogen-bond acceptors (Lipinski definition) is 7. The highest BCUT2D eigenvalue weighted by Gasteiger charge is 2.16. The van der Waals surface area contributed by atoms with Crippen molar-refractivity contribution in [1.82, 2.24) is 15.0 Å². The van der Waals surface area contributed by atoms with E-state index in [1.54, 1.807) is 7.05 Å². The van der Waals surface area contributed by atoms with Crippen LogP contribution in [0.3, 0.4) is 0 Å². The van der Waals surface area contributed by atoms with Crippen molar-refractivity contribution < 1.29 is 9.84 Å². The summed E-state index contributed by atoms with van der Waals surface area (Å²) < 4.78 is 5.35. The number of aliphatic hydroxyl groups is 1. The third kappa shape index (κ3) is 4.51. The van der Waals surface area contributed by atoms with E-state index >= 15 is 0 Å². The largest absolute Gasteiger partial charge is 0.464 e. The molecule has 19 heavy (non-hydrogen) atoms. The minimum atomic E-state index is 0.144. The van der Waals surface area contributed by atoms with Gasteiger partial charge in [0.2, 0.25) is 11.9 Å². The molecule has 0 saturated heterocycles. The zero-order chi connectivity index (χ0) is 14.3. The van der Waals surface area contributed by atoms with Gasteiger partial charge in [-0.1, -0.05) is 0 Å². The summed E-state index contributed by atoms with van der Waals surface area (Å²) in [5.41, 5.74) is 0. The minimum absolute atomic E-state index is 0.144. The monoisotopic (exact) mass is 269 g/mol. The number of nitrogens with one attached hydrogen (secondary N) is 1. The molecule has 1 aromatic heterocycles. The Balaban J connectivity index is 3.02. The van der Waals surface area contributed by atoms with Crippen LogP contribution in [-0.2, 0) is 0 Å². The minimum Gasteiger partial charge on any atom is -0.464 e. The Kier molecular flexibility index (Phi) is 6.27. The van der Waals surface area contributed by atoms with E-state index in [-0.39, 0.29) is 12.6 Å². The van der Waals surface area contributed by atoms with Crippen LogP contribution in [0.15, 0.2) is 0 Å². The van der Waals surface area contributed by atoms with Gasteiger partial charge >= 0.3 is 6.01 Å². The fourth-order valence-corrected chi connectivity index (χ4v) is 1.61. The maximum absolute atomic E-state index is 8.97. The predicted molar refractivity (Wildman–Crippen MR) is 74.7 cm³/mol. The molecule has 0 aliphatic rings. The number of aliphatic hydroxyl groups excluding tert-OH is 1. The van der Waals surface area contributed by atoms with Gasteiger partial charge in [0.15, 0.2) is 0 Å². The van der Waals surface area contributed by atoms with Crippen LogP contribution >= 0.6 is 0 Å². The van der Waals surface area contributed by atoms with Gasteiger partial charge in [0.25, 0.3) is 0 Å². The van der Waals surface area contributed by atoms with Crippen LogP contribution < -0.4 is 15.0 Å². The van der Waals surface area contributed by atoms with Crippen molar-refractivity contribution in [1.29, 1.82) is 0 Å². The van der Waals surface area contributed by atoms with Crippen LogP contribution in [0.1, 0.15) is 27.2 Å². The molecule has 0 aromatic carbocycles. The third-order valence-corrected chi connectivity index (χ3v) is 2.54. The Morgan fingerprint density at radius 3 is 2.58 bits per heavy atom. The molecule has 1 rings (SSSR count). The molecule has 0 saturated carbocycles. The highest BCUT2D eigenvalue weighted by atomic mass is 16.5. The lowest BCUT2D eigenvalue weighted by atomic mass is 10.3. The Labute approximate surface area is 114 Å². The van der Waals surface area contributed by atoms with Crippen molar-refractivity contribution in [3.8, 4) is 6.01 Å². The molecule has 0 fully saturated rings. The number of anilines is 2. The molecule has 0 bridgehead atoms. The molecule has 0 amide bonds. The van der Waals surface area contributed by atoms with Crippen molar-refractivity contribution >= 4 is 11.9 Å². The highest BCUT2D eigenvalue weighted by molar-refractivity contribution is 5.38. The number of aromatic nitrogens is 3. The molecule has 1 aromatic rings. The maximum atomic E-state index is 8.97. The van der Waals surface area contributed by atoms with E-state index in [4.69, 9.17) is 9.84 Å². The maximum Gasteiger partial charge on any atom is 0.323 e. The average Bonchev–Trinajstić information content (AvgIpc) is 2.39. The lowest BCUT2D eigenvalue weighted by Gasteiger charge is -2.26. The Morgan fingerprint density at radius 2 is 2.05 bits per heavy atom. The lowest BCUT2D eigenvalue weighted by Crippen LogP contribution is -2.34. The molecule has 0 aliphatic heterocycles. The first-order chi connectivity index (χ1) is 9.12. The van der Waals surface area contributed by atoms with E-state index in [1.807, 2.05) is 11.8 Å². The third-order valence-electron chi connectivity index (χ3n) is 2.54. The summed E-state index contributed by atoms with van der Waals surface area (Å²) in [5.74, 6) is 1.04. The summed E-state index contributed by atoms with van der Waals surface area (Å²) in [6, 6.07) is 0.541. The fraction of sp³-hybridized carbons (Fsp3) is 0.750. The number of ether oxygens (including phenoxy) is 1. The Hall–Kier alpha value is -1.63. The van der Waals surface area contributed by atoms with Gasteiger partial charge in [-0.05, 0) is 27.2 Å². The van der Waals surface area contributed by atoms with Gasteiger partial charge in [-0.15, -0.1) is 0 Å². The van der Waals surface area contributed by atoms with Gasteiger partial charge in [-0.2, -0.15) is 15.0 Å². The summed E-state index contributed by atoms with van der Waals surface area (Å²) in [6.07, 6.45) is 0.669. The van der Waals surface area contributed by atoms with Gasteiger partial charge in [-0.3, -0.25) is 0 Å². The van der Waals surface area contributed by atoms with Crippen LogP contribution in [0, 0.1) is 0 Å². The Morgan fingerprint density at radius 1 is 1.32 bits per heavy atom. The molecule has 108 valence electrons. The van der Waals surface area contributed by atoms with Crippen LogP contribution in [0.5, 0.6) is 6.01 Å². The fourth-order valence-electron chi connectivity index (χ4n) is 1.61. The van der Waals surface area contributed by atoms with Crippen LogP contribution in [-0.4, -0.2) is 52.9 Å². The van der Waals surface area contributed by atoms with Gasteiger partial charge in [-0.25, -0.2) is 0 Å². The number of nitrogens with zero attached hydrogens (tertiary/aromatic N) is 4. The molecule has 0 unspecified atom stereocenters. The SMILES string of the molecule is CCOc1nc(NC)nc(N(CCCO)C(C)C)n1. The number of hydrogen-bond donors (Lipinski definition) is 2. The molecule has 0 aliphatic carbocycles. The molecule has 0 radical (unpaired) electrons. The summed E-state index contributed by atoms with van der Waals surface area (Å²) in [5, 5.41) is 11.9. The van der Waals surface area contributed by atoms with Crippen LogP contribution in [0.4, 0.5) is 11.9 Å². The van der Waals surface area contributed by atoms with E-state index in [1.165, 1.54) is 0 Å². The molecular formula is C12H23N5O2. The molecule has 7 heteroatoms. The van der Waals surface area contributed by atoms with Crippen molar-refractivity contribution in [2.24, 2.45) is 0 Å². The van der Waals surface area contributed by atoms with Crippen molar-refractivity contribution in [2.75, 3.05) is 37.0 Å². The first-order valence-electron chi connectivity index (χ1n) is 6.56. The zero-order valence-corrected chi connectivity index (χ0v) is 12.1. The van der Waals surface area contributed by atoms with Crippen molar-refractivity contribution in [2.45, 2.75) is 33.2 Å². The number of rotatable bonds is 8. The van der Waals surface area contributed by atoms with Crippen LogP contribution in [0.2, 0.25) is 0 Å². The van der Waals surface area contributed by atoms with E-state index in [0.717, 1.165) is 0 Å². The average molecular weight is 269 g/mol. The second-order valence-corrected chi connectivity index (χ2v) is 4.29. The van der Waals surface area contributed by atoms with Crippen molar-refractivity contribution in [3.05, 3.63) is 0 Å². The normalized spacial score (nSPS) is 10.6. The van der Waals surface area contributed by atoms with Crippen molar-refractivity contribution in [3.63, 3.8) is 0 Å². The van der Waals surface area contributed by atoms with E-state index in [9.17, 15) is 0 Å². The van der Waals surface area contributed by atoms with Crippen LogP contribution in [0.25, 0.3) is 0 Å². The van der Waals surface area contributed by atoms with Gasteiger partial charge < -0.3 is 20.1 Å². The summed E-state index contributed by atoms with van der Waals surface area (Å²) >= 11 is 0. The van der Waals surface area contributed by atoms with Gasteiger partial charge in [0, 0.05) is 26.2 Å². The quantitative estimate of drug-likeness (QED) is 0.725. The Bertz CT molecular complexity index is 386. The molecular weight excluding hydrogens is 246 g/mol. The summed E-state index contributed by atoms with van der Waals surface area (Å²) in [4.78, 5) is 14.8. The predicted octanol–water partition coefficient (Wildman–Crippen LogP) is 0.909. The van der Waals surface area contributed by atoms with Gasteiger partial charge in [0.1, 0.15) is 0 Å². The molecule has 2 N–H and O–H groups in total. The molecule has 7 nitrogen and oxygen atoms in total. The van der Waals surface area contributed by atoms with E-state index < -0.39 is 0 Å². The van der Waals surface area contributed by atoms with E-state index in [0.29, 0.717) is 37.5 Å².